The molecule has 0 aromatic carbocycles. The maximum absolute atomic E-state index is 10.8. The summed E-state index contributed by atoms with van der Waals surface area (Å²) >= 11 is 0. The van der Waals surface area contributed by atoms with E-state index in [4.69, 9.17) is 0 Å². The normalized spacial score (nSPS) is 11.6. The van der Waals surface area contributed by atoms with Gasteiger partial charge in [-0.2, -0.15) is 0 Å². The molecule has 0 saturated heterocycles. The maximum atomic E-state index is 10.8. The minimum absolute atomic E-state index is 0.296. The largest absolute Gasteiger partial charge is 0.466 e. The molecule has 0 aliphatic heterocycles. The molecule has 0 spiro atoms. The van der Waals surface area contributed by atoms with Gasteiger partial charge in [0, 0.05) is 6.08 Å². The van der Waals surface area contributed by atoms with E-state index in [-0.39, 0.29) is 5.97 Å². The molecule has 0 saturated carbocycles. The Morgan fingerprint density at radius 3 is 1.70 bits per heavy atom. The van der Waals surface area contributed by atoms with Crippen LogP contribution in [0.1, 0.15) is 96.8 Å². The van der Waals surface area contributed by atoms with Crippen LogP contribution < -0.4 is 0 Å². The number of carbonyl (C=O) groups excluding carboxylic acids is 1. The summed E-state index contributed by atoms with van der Waals surface area (Å²) in [6, 6.07) is 0. The number of allylic oxidation sites excluding steroid dienone is 3. The highest BCUT2D eigenvalue weighted by Gasteiger charge is 1.93. The Balaban J connectivity index is 3.14. The Morgan fingerprint density at radius 2 is 1.22 bits per heavy atom. The zero-order valence-corrected chi connectivity index (χ0v) is 15.5. The molecule has 134 valence electrons. The van der Waals surface area contributed by atoms with E-state index in [1.165, 1.54) is 96.7 Å². The van der Waals surface area contributed by atoms with E-state index < -0.39 is 0 Å². The van der Waals surface area contributed by atoms with Crippen molar-refractivity contribution in [1.82, 2.24) is 0 Å². The Hall–Kier alpha value is -1.05. The zero-order chi connectivity index (χ0) is 17.0. The van der Waals surface area contributed by atoms with Gasteiger partial charge < -0.3 is 4.74 Å². The average molecular weight is 323 g/mol. The van der Waals surface area contributed by atoms with E-state index in [9.17, 15) is 4.79 Å². The second kappa shape index (κ2) is 19.0. The SMILES string of the molecule is CCCCCCCCCCCCCCCC=CC=CC(=O)OC. The van der Waals surface area contributed by atoms with E-state index in [1.807, 2.05) is 6.08 Å². The van der Waals surface area contributed by atoms with Gasteiger partial charge in [0.05, 0.1) is 7.11 Å². The van der Waals surface area contributed by atoms with Crippen molar-refractivity contribution in [3.63, 3.8) is 0 Å². The van der Waals surface area contributed by atoms with Gasteiger partial charge in [0.25, 0.3) is 0 Å². The van der Waals surface area contributed by atoms with Crippen molar-refractivity contribution in [2.45, 2.75) is 96.8 Å². The molecule has 0 bridgehead atoms. The van der Waals surface area contributed by atoms with Gasteiger partial charge in [-0.15, -0.1) is 0 Å². The molecule has 2 heteroatoms. The molecular formula is C21H38O2. The van der Waals surface area contributed by atoms with E-state index >= 15 is 0 Å². The van der Waals surface area contributed by atoms with E-state index in [0.29, 0.717) is 0 Å². The highest BCUT2D eigenvalue weighted by atomic mass is 16.5. The summed E-state index contributed by atoms with van der Waals surface area (Å²) < 4.78 is 4.52. The molecule has 0 amide bonds. The molecule has 0 aliphatic rings. The molecule has 0 unspecified atom stereocenters. The predicted molar refractivity (Wildman–Crippen MR) is 101 cm³/mol. The lowest BCUT2D eigenvalue weighted by Gasteiger charge is -2.02. The second-order valence-corrected chi connectivity index (χ2v) is 6.34. The van der Waals surface area contributed by atoms with Gasteiger partial charge in [-0.3, -0.25) is 0 Å². The number of carbonyl (C=O) groups is 1. The molecule has 2 nitrogen and oxygen atoms in total. The molecule has 0 N–H and O–H groups in total. The fourth-order valence-electron chi connectivity index (χ4n) is 2.66. The molecule has 0 aliphatic carbocycles. The first-order chi connectivity index (χ1) is 11.3. The average Bonchev–Trinajstić information content (AvgIpc) is 2.57. The molecule has 0 aromatic heterocycles. The maximum Gasteiger partial charge on any atom is 0.330 e. The Bertz CT molecular complexity index is 305. The molecule has 0 radical (unpaired) electrons. The van der Waals surface area contributed by atoms with Crippen LogP contribution in [-0.2, 0) is 9.53 Å². The van der Waals surface area contributed by atoms with Crippen molar-refractivity contribution < 1.29 is 9.53 Å². The summed E-state index contributed by atoms with van der Waals surface area (Å²) in [5, 5.41) is 0. The third-order valence-corrected chi connectivity index (χ3v) is 4.16. The molecule has 23 heavy (non-hydrogen) atoms. The number of unbranched alkanes of at least 4 members (excludes halogenated alkanes) is 13. The van der Waals surface area contributed by atoms with Crippen LogP contribution in [0, 0.1) is 0 Å². The summed E-state index contributed by atoms with van der Waals surface area (Å²) in [6.07, 6.45) is 26.4. The fourth-order valence-corrected chi connectivity index (χ4v) is 2.66. The Labute approximate surface area is 144 Å². The minimum atomic E-state index is -0.296. The summed E-state index contributed by atoms with van der Waals surface area (Å²) in [7, 11) is 1.39. The van der Waals surface area contributed by atoms with Crippen molar-refractivity contribution in [3.05, 3.63) is 24.3 Å². The van der Waals surface area contributed by atoms with Crippen LogP contribution >= 0.6 is 0 Å². The number of ether oxygens (including phenoxy) is 1. The van der Waals surface area contributed by atoms with Crippen molar-refractivity contribution >= 4 is 5.97 Å². The molecule has 0 atom stereocenters. The first-order valence-electron chi connectivity index (χ1n) is 9.72. The quantitative estimate of drug-likeness (QED) is 0.136. The van der Waals surface area contributed by atoms with Crippen LogP contribution in [0.2, 0.25) is 0 Å². The highest BCUT2D eigenvalue weighted by molar-refractivity contribution is 5.82. The third-order valence-electron chi connectivity index (χ3n) is 4.16. The minimum Gasteiger partial charge on any atom is -0.466 e. The monoisotopic (exact) mass is 322 g/mol. The van der Waals surface area contributed by atoms with Crippen molar-refractivity contribution in [1.29, 1.82) is 0 Å². The van der Waals surface area contributed by atoms with Crippen LogP contribution in [0.3, 0.4) is 0 Å². The second-order valence-electron chi connectivity index (χ2n) is 6.34. The van der Waals surface area contributed by atoms with Crippen LogP contribution in [0.25, 0.3) is 0 Å². The smallest absolute Gasteiger partial charge is 0.330 e. The number of hydrogen-bond acceptors (Lipinski definition) is 2. The van der Waals surface area contributed by atoms with Gasteiger partial charge in [-0.05, 0) is 12.8 Å². The summed E-state index contributed by atoms with van der Waals surface area (Å²) in [6.45, 7) is 2.28. The van der Waals surface area contributed by atoms with Gasteiger partial charge in [0.15, 0.2) is 0 Å². The first-order valence-corrected chi connectivity index (χ1v) is 9.72. The van der Waals surface area contributed by atoms with Gasteiger partial charge in [0.1, 0.15) is 0 Å². The van der Waals surface area contributed by atoms with Gasteiger partial charge in [0.2, 0.25) is 0 Å². The van der Waals surface area contributed by atoms with Crippen molar-refractivity contribution in [3.8, 4) is 0 Å². The lowest BCUT2D eigenvalue weighted by molar-refractivity contribution is -0.134. The summed E-state index contributed by atoms with van der Waals surface area (Å²) in [5.41, 5.74) is 0. The first kappa shape index (κ1) is 21.9. The van der Waals surface area contributed by atoms with E-state index in [0.717, 1.165) is 6.42 Å². The van der Waals surface area contributed by atoms with Crippen LogP contribution in [-0.4, -0.2) is 13.1 Å². The lowest BCUT2D eigenvalue weighted by atomic mass is 10.0. The van der Waals surface area contributed by atoms with E-state index in [1.54, 1.807) is 6.08 Å². The van der Waals surface area contributed by atoms with Crippen molar-refractivity contribution in [2.75, 3.05) is 7.11 Å². The van der Waals surface area contributed by atoms with Crippen LogP contribution in [0.5, 0.6) is 0 Å². The Morgan fingerprint density at radius 1 is 0.739 bits per heavy atom. The molecule has 0 aromatic rings. The van der Waals surface area contributed by atoms with E-state index in [2.05, 4.69) is 17.7 Å². The lowest BCUT2D eigenvalue weighted by Crippen LogP contribution is -1.92. The number of hydrogen-bond donors (Lipinski definition) is 0. The molecule has 0 fully saturated rings. The number of esters is 1. The third kappa shape index (κ3) is 18.9. The highest BCUT2D eigenvalue weighted by Crippen LogP contribution is 2.12. The Kier molecular flexibility index (Phi) is 18.1. The van der Waals surface area contributed by atoms with Gasteiger partial charge in [-0.25, -0.2) is 4.79 Å². The molecular weight excluding hydrogens is 284 g/mol. The topological polar surface area (TPSA) is 26.3 Å². The van der Waals surface area contributed by atoms with Gasteiger partial charge >= 0.3 is 5.97 Å². The predicted octanol–water partition coefficient (Wildman–Crippen LogP) is 6.75. The number of methoxy groups -OCH3 is 1. The molecule has 0 heterocycles. The van der Waals surface area contributed by atoms with Crippen LogP contribution in [0.4, 0.5) is 0 Å². The zero-order valence-electron chi connectivity index (χ0n) is 15.5. The fraction of sp³-hybridized carbons (Fsp3) is 0.762. The standard InChI is InChI=1S/C21H38O2/c1-3-4-5-6-7-8-9-10-11-12-13-14-15-16-17-18-19-20-21(22)23-2/h17-20H,3-16H2,1-2H3. The van der Waals surface area contributed by atoms with Gasteiger partial charge in [-0.1, -0.05) is 102 Å². The number of rotatable bonds is 16. The summed E-state index contributed by atoms with van der Waals surface area (Å²) in [4.78, 5) is 10.8. The van der Waals surface area contributed by atoms with Crippen LogP contribution in [0.15, 0.2) is 24.3 Å². The molecule has 0 rings (SSSR count). The van der Waals surface area contributed by atoms with Crippen molar-refractivity contribution in [2.24, 2.45) is 0 Å². The summed E-state index contributed by atoms with van der Waals surface area (Å²) in [5.74, 6) is -0.296.